The summed E-state index contributed by atoms with van der Waals surface area (Å²) in [6, 6.07) is 12.0. The number of aromatic amines is 1. The van der Waals surface area contributed by atoms with Crippen molar-refractivity contribution in [3.05, 3.63) is 65.8 Å². The normalized spacial score (nSPS) is 13.8. The highest BCUT2D eigenvalue weighted by Crippen LogP contribution is 2.40. The number of nitrogens with two attached hydrogens (primary N) is 1. The van der Waals surface area contributed by atoms with Gasteiger partial charge in [0.25, 0.3) is 5.91 Å². The van der Waals surface area contributed by atoms with Crippen molar-refractivity contribution in [1.29, 1.82) is 0 Å². The van der Waals surface area contributed by atoms with Crippen LogP contribution in [0.5, 0.6) is 5.75 Å². The molecule has 2 aromatic carbocycles. The quantitative estimate of drug-likeness (QED) is 0.195. The first-order valence-corrected chi connectivity index (χ1v) is 13.1. The number of likely N-dealkylation sites (N-methyl/N-ethyl adjacent to an activating group) is 1. The van der Waals surface area contributed by atoms with Crippen LogP contribution in [0.15, 0.2) is 54.6 Å². The number of amides is 1. The lowest BCUT2D eigenvalue weighted by Gasteiger charge is -2.19. The van der Waals surface area contributed by atoms with Gasteiger partial charge in [-0.2, -0.15) is 0 Å². The SMILES string of the molecule is C=C/C(C)=C\c1c(N)[nH]c2c(OCCCN(CC)CCO)ccc(-c3cccc(C(=O)NC4CC4)c3)c12. The van der Waals surface area contributed by atoms with E-state index in [1.54, 1.807) is 6.08 Å². The van der Waals surface area contributed by atoms with Crippen LogP contribution >= 0.6 is 0 Å². The second-order valence-electron chi connectivity index (χ2n) is 9.59. The van der Waals surface area contributed by atoms with E-state index >= 15 is 0 Å². The molecule has 37 heavy (non-hydrogen) atoms. The summed E-state index contributed by atoms with van der Waals surface area (Å²) in [5.74, 6) is 1.24. The van der Waals surface area contributed by atoms with Crippen LogP contribution in [0.3, 0.4) is 0 Å². The Bertz CT molecular complexity index is 1290. The fourth-order valence-corrected chi connectivity index (χ4v) is 4.49. The van der Waals surface area contributed by atoms with E-state index in [9.17, 15) is 9.90 Å². The van der Waals surface area contributed by atoms with Gasteiger partial charge < -0.3 is 30.8 Å². The Morgan fingerprint density at radius 3 is 2.81 bits per heavy atom. The number of benzene rings is 2. The van der Waals surface area contributed by atoms with Crippen LogP contribution in [0.4, 0.5) is 5.82 Å². The lowest BCUT2D eigenvalue weighted by molar-refractivity contribution is 0.0951. The van der Waals surface area contributed by atoms with Gasteiger partial charge in [-0.05, 0) is 74.2 Å². The second kappa shape index (κ2) is 12.1. The van der Waals surface area contributed by atoms with Gasteiger partial charge in [0.15, 0.2) is 0 Å². The van der Waals surface area contributed by atoms with Gasteiger partial charge in [-0.1, -0.05) is 37.3 Å². The molecule has 0 saturated heterocycles. The summed E-state index contributed by atoms with van der Waals surface area (Å²) in [5, 5.41) is 13.2. The maximum absolute atomic E-state index is 12.7. The number of aliphatic hydroxyl groups is 1. The molecule has 1 amide bonds. The molecule has 3 aromatic rings. The molecule has 7 heteroatoms. The van der Waals surface area contributed by atoms with E-state index < -0.39 is 0 Å². The van der Waals surface area contributed by atoms with Crippen molar-refractivity contribution in [1.82, 2.24) is 15.2 Å². The van der Waals surface area contributed by atoms with Gasteiger partial charge in [0.1, 0.15) is 11.6 Å². The van der Waals surface area contributed by atoms with Crippen LogP contribution < -0.4 is 15.8 Å². The summed E-state index contributed by atoms with van der Waals surface area (Å²) in [5.41, 5.74) is 11.7. The standard InChI is InChI=1S/C30H38N4O3/c1-4-20(3)18-25-27-24(21-8-6-9-22(19-21)30(36)32-23-10-11-23)12-13-26(28(27)33-29(25)31)37-17-7-14-34(5-2)15-16-35/h4,6,8-9,12-13,18-19,23,33,35H,1,5,7,10-11,14-17,31H2,2-3H3,(H,32,36)/b20-18-. The number of anilines is 1. The number of nitrogen functional groups attached to an aromatic ring is 1. The topological polar surface area (TPSA) is 104 Å². The minimum Gasteiger partial charge on any atom is -0.491 e. The van der Waals surface area contributed by atoms with E-state index in [-0.39, 0.29) is 12.5 Å². The minimum absolute atomic E-state index is 0.0425. The van der Waals surface area contributed by atoms with Crippen LogP contribution in [0, 0.1) is 0 Å². The Hall–Kier alpha value is -3.55. The Morgan fingerprint density at radius 2 is 2.11 bits per heavy atom. The van der Waals surface area contributed by atoms with Crippen molar-refractivity contribution in [3.8, 4) is 16.9 Å². The molecule has 1 fully saturated rings. The van der Waals surface area contributed by atoms with Gasteiger partial charge in [0.2, 0.25) is 0 Å². The van der Waals surface area contributed by atoms with Gasteiger partial charge >= 0.3 is 0 Å². The number of hydrogen-bond acceptors (Lipinski definition) is 5. The Labute approximate surface area is 219 Å². The maximum atomic E-state index is 12.7. The van der Waals surface area contributed by atoms with Crippen LogP contribution in [-0.4, -0.2) is 59.8 Å². The number of hydrogen-bond donors (Lipinski definition) is 4. The summed E-state index contributed by atoms with van der Waals surface area (Å²) in [7, 11) is 0. The maximum Gasteiger partial charge on any atom is 0.251 e. The number of nitrogens with one attached hydrogen (secondary N) is 2. The zero-order valence-corrected chi connectivity index (χ0v) is 21.8. The molecular formula is C30H38N4O3. The van der Waals surface area contributed by atoms with Crippen LogP contribution in [0.2, 0.25) is 0 Å². The highest BCUT2D eigenvalue weighted by atomic mass is 16.5. The minimum atomic E-state index is -0.0425. The zero-order valence-electron chi connectivity index (χ0n) is 21.8. The first-order chi connectivity index (χ1) is 17.9. The number of carbonyl (C=O) groups excluding carboxylic acids is 1. The summed E-state index contributed by atoms with van der Waals surface area (Å²) >= 11 is 0. The zero-order chi connectivity index (χ0) is 26.4. The molecule has 5 N–H and O–H groups in total. The molecule has 1 saturated carbocycles. The number of carbonyl (C=O) groups is 1. The van der Waals surface area contributed by atoms with E-state index in [2.05, 4.69) is 28.7 Å². The second-order valence-corrected chi connectivity index (χ2v) is 9.59. The number of nitrogens with zero attached hydrogens (tertiary/aromatic N) is 1. The van der Waals surface area contributed by atoms with E-state index in [4.69, 9.17) is 10.5 Å². The predicted octanol–water partition coefficient (Wildman–Crippen LogP) is 4.98. The number of allylic oxidation sites excluding steroid dienone is 2. The third kappa shape index (κ3) is 6.42. The van der Waals surface area contributed by atoms with Crippen molar-refractivity contribution < 1.29 is 14.6 Å². The van der Waals surface area contributed by atoms with Crippen LogP contribution in [0.25, 0.3) is 28.1 Å². The molecule has 7 nitrogen and oxygen atoms in total. The van der Waals surface area contributed by atoms with Crippen molar-refractivity contribution in [3.63, 3.8) is 0 Å². The Kier molecular flexibility index (Phi) is 8.69. The molecule has 0 atom stereocenters. The lowest BCUT2D eigenvalue weighted by Crippen LogP contribution is -2.28. The van der Waals surface area contributed by atoms with Crippen molar-refractivity contribution >= 4 is 28.7 Å². The average molecular weight is 503 g/mol. The average Bonchev–Trinajstić information content (AvgIpc) is 3.67. The predicted molar refractivity (Wildman–Crippen MR) is 152 cm³/mol. The van der Waals surface area contributed by atoms with Gasteiger partial charge in [-0.3, -0.25) is 4.79 Å². The summed E-state index contributed by atoms with van der Waals surface area (Å²) in [4.78, 5) is 18.2. The molecule has 0 radical (unpaired) electrons. The van der Waals surface area contributed by atoms with Crippen molar-refractivity contribution in [2.24, 2.45) is 0 Å². The van der Waals surface area contributed by atoms with Gasteiger partial charge in [0.05, 0.1) is 18.7 Å². The molecule has 0 unspecified atom stereocenters. The number of H-pyrrole nitrogens is 1. The molecule has 1 aliphatic carbocycles. The van der Waals surface area contributed by atoms with Gasteiger partial charge in [-0.25, -0.2) is 0 Å². The molecule has 1 aromatic heterocycles. The monoisotopic (exact) mass is 502 g/mol. The molecule has 4 rings (SSSR count). The molecule has 1 aliphatic rings. The fourth-order valence-electron chi connectivity index (χ4n) is 4.49. The fraction of sp³-hybridized carbons (Fsp3) is 0.367. The van der Waals surface area contributed by atoms with Gasteiger partial charge in [0, 0.05) is 35.6 Å². The Balaban J connectivity index is 1.69. The molecule has 196 valence electrons. The lowest BCUT2D eigenvalue weighted by atomic mass is 9.96. The number of fused-ring (bicyclic) bond motifs is 1. The first-order valence-electron chi connectivity index (χ1n) is 13.1. The first kappa shape index (κ1) is 26.5. The Morgan fingerprint density at radius 1 is 1.30 bits per heavy atom. The molecular weight excluding hydrogens is 464 g/mol. The molecule has 0 aliphatic heterocycles. The number of ether oxygens (including phenoxy) is 1. The van der Waals surface area contributed by atoms with Crippen LogP contribution in [-0.2, 0) is 0 Å². The van der Waals surface area contributed by atoms with E-state index in [0.29, 0.717) is 30.6 Å². The third-order valence-corrected chi connectivity index (χ3v) is 6.77. The number of rotatable bonds is 13. The van der Waals surface area contributed by atoms with Crippen LogP contribution in [0.1, 0.15) is 49.0 Å². The van der Waals surface area contributed by atoms with E-state index in [1.807, 2.05) is 49.4 Å². The number of aliphatic hydroxyl groups excluding tert-OH is 1. The van der Waals surface area contributed by atoms with Crippen molar-refractivity contribution in [2.45, 2.75) is 39.2 Å². The van der Waals surface area contributed by atoms with E-state index in [0.717, 1.165) is 71.3 Å². The molecule has 0 spiro atoms. The van der Waals surface area contributed by atoms with E-state index in [1.165, 1.54) is 0 Å². The third-order valence-electron chi connectivity index (χ3n) is 6.77. The summed E-state index contributed by atoms with van der Waals surface area (Å²) < 4.78 is 6.21. The van der Waals surface area contributed by atoms with Crippen molar-refractivity contribution in [2.75, 3.05) is 38.6 Å². The van der Waals surface area contributed by atoms with Gasteiger partial charge in [-0.15, -0.1) is 0 Å². The largest absolute Gasteiger partial charge is 0.491 e. The summed E-state index contributed by atoms with van der Waals surface area (Å²) in [6.45, 7) is 11.1. The molecule has 1 heterocycles. The number of aromatic nitrogens is 1. The summed E-state index contributed by atoms with van der Waals surface area (Å²) in [6.07, 6.45) is 6.76. The highest BCUT2D eigenvalue weighted by molar-refractivity contribution is 6.07. The highest BCUT2D eigenvalue weighted by Gasteiger charge is 2.24. The smallest absolute Gasteiger partial charge is 0.251 e. The molecule has 0 bridgehead atoms.